The van der Waals surface area contributed by atoms with Gasteiger partial charge in [0.15, 0.2) is 0 Å². The number of benzene rings is 1. The summed E-state index contributed by atoms with van der Waals surface area (Å²) in [4.78, 5) is 22.6. The second kappa shape index (κ2) is 6.36. The lowest BCUT2D eigenvalue weighted by molar-refractivity contribution is -0.139. The van der Waals surface area contributed by atoms with Gasteiger partial charge in [0, 0.05) is 17.5 Å². The van der Waals surface area contributed by atoms with Crippen LogP contribution in [0.4, 0.5) is 0 Å². The lowest BCUT2D eigenvalue weighted by Crippen LogP contribution is -2.41. The Morgan fingerprint density at radius 2 is 2.06 bits per heavy atom. The molecule has 0 aliphatic carbocycles. The summed E-state index contributed by atoms with van der Waals surface area (Å²) in [6, 6.07) is 3.05. The number of phenols is 1. The molecule has 1 unspecified atom stereocenters. The van der Waals surface area contributed by atoms with E-state index in [9.17, 15) is 14.7 Å². The standard InChI is InChI=1S/C11H12BrNO5/c12-6-1-2-9(15)7(5-6)10(16)13-8(3-4-14)11(17)18/h1-2,5,8,14-15H,3-4H2,(H,13,16)(H,17,18). The molecule has 18 heavy (non-hydrogen) atoms. The maximum Gasteiger partial charge on any atom is 0.326 e. The first-order valence-corrected chi connectivity index (χ1v) is 5.88. The van der Waals surface area contributed by atoms with Crippen LogP contribution in [0.25, 0.3) is 0 Å². The largest absolute Gasteiger partial charge is 0.507 e. The van der Waals surface area contributed by atoms with Gasteiger partial charge in [-0.1, -0.05) is 15.9 Å². The van der Waals surface area contributed by atoms with E-state index in [0.717, 1.165) is 0 Å². The third-order valence-electron chi connectivity index (χ3n) is 2.22. The summed E-state index contributed by atoms with van der Waals surface area (Å²) in [5.74, 6) is -2.20. The molecular weight excluding hydrogens is 306 g/mol. The van der Waals surface area contributed by atoms with Crippen LogP contribution < -0.4 is 5.32 Å². The number of hydrogen-bond acceptors (Lipinski definition) is 4. The molecule has 0 heterocycles. The molecule has 0 spiro atoms. The number of aliphatic hydroxyl groups excluding tert-OH is 1. The van der Waals surface area contributed by atoms with Crippen LogP contribution in [0, 0.1) is 0 Å². The number of aliphatic hydroxyl groups is 1. The Morgan fingerprint density at radius 3 is 2.61 bits per heavy atom. The summed E-state index contributed by atoms with van der Waals surface area (Å²) in [6.45, 7) is -0.359. The monoisotopic (exact) mass is 317 g/mol. The molecule has 0 radical (unpaired) electrons. The van der Waals surface area contributed by atoms with Crippen LogP contribution in [0.2, 0.25) is 0 Å². The van der Waals surface area contributed by atoms with E-state index < -0.39 is 17.9 Å². The van der Waals surface area contributed by atoms with E-state index in [4.69, 9.17) is 10.2 Å². The molecule has 1 aromatic rings. The molecule has 1 atom stereocenters. The van der Waals surface area contributed by atoms with Gasteiger partial charge in [-0.3, -0.25) is 4.79 Å². The summed E-state index contributed by atoms with van der Waals surface area (Å²) in [6.07, 6.45) is -0.101. The maximum absolute atomic E-state index is 11.8. The molecule has 0 aliphatic heterocycles. The number of amides is 1. The zero-order valence-corrected chi connectivity index (χ0v) is 10.8. The van der Waals surface area contributed by atoms with Gasteiger partial charge in [-0.15, -0.1) is 0 Å². The minimum absolute atomic E-state index is 0.0337. The second-order valence-electron chi connectivity index (χ2n) is 3.54. The van der Waals surface area contributed by atoms with E-state index in [1.54, 1.807) is 6.07 Å². The van der Waals surface area contributed by atoms with Gasteiger partial charge in [0.2, 0.25) is 0 Å². The Bertz CT molecular complexity index is 463. The Hall–Kier alpha value is -1.60. The smallest absolute Gasteiger partial charge is 0.326 e. The normalized spacial score (nSPS) is 11.9. The highest BCUT2D eigenvalue weighted by Crippen LogP contribution is 2.21. The minimum atomic E-state index is -1.24. The van der Waals surface area contributed by atoms with Gasteiger partial charge in [-0.05, 0) is 18.2 Å². The highest BCUT2D eigenvalue weighted by Gasteiger charge is 2.21. The van der Waals surface area contributed by atoms with Crippen LogP contribution in [0.5, 0.6) is 5.75 Å². The predicted octanol–water partition coefficient (Wildman–Crippen LogP) is 0.720. The van der Waals surface area contributed by atoms with Crippen molar-refractivity contribution in [3.8, 4) is 5.75 Å². The average Bonchev–Trinajstić information content (AvgIpc) is 2.31. The van der Waals surface area contributed by atoms with Crippen LogP contribution in [-0.2, 0) is 4.79 Å². The third kappa shape index (κ3) is 3.71. The highest BCUT2D eigenvalue weighted by molar-refractivity contribution is 9.10. The topological polar surface area (TPSA) is 107 Å². The van der Waals surface area contributed by atoms with Crippen molar-refractivity contribution in [1.82, 2.24) is 5.32 Å². The first kappa shape index (κ1) is 14.5. The van der Waals surface area contributed by atoms with Crippen molar-refractivity contribution in [2.75, 3.05) is 6.61 Å². The third-order valence-corrected chi connectivity index (χ3v) is 2.72. The van der Waals surface area contributed by atoms with Crippen molar-refractivity contribution >= 4 is 27.8 Å². The van der Waals surface area contributed by atoms with E-state index >= 15 is 0 Å². The Morgan fingerprint density at radius 1 is 1.39 bits per heavy atom. The summed E-state index contributed by atoms with van der Waals surface area (Å²) in [5, 5.41) is 29.3. The molecular formula is C11H12BrNO5. The van der Waals surface area contributed by atoms with E-state index in [2.05, 4.69) is 21.2 Å². The number of carboxylic acids is 1. The van der Waals surface area contributed by atoms with E-state index in [1.807, 2.05) is 0 Å². The van der Waals surface area contributed by atoms with Gasteiger partial charge >= 0.3 is 5.97 Å². The summed E-state index contributed by atoms with van der Waals surface area (Å²) in [7, 11) is 0. The van der Waals surface area contributed by atoms with Crippen LogP contribution in [0.1, 0.15) is 16.8 Å². The SMILES string of the molecule is O=C(NC(CCO)C(=O)O)c1cc(Br)ccc1O. The number of carbonyl (C=O) groups is 2. The molecule has 0 saturated carbocycles. The van der Waals surface area contributed by atoms with Gasteiger partial charge in [0.1, 0.15) is 11.8 Å². The Labute approximate surface area is 111 Å². The fraction of sp³-hybridized carbons (Fsp3) is 0.273. The van der Waals surface area contributed by atoms with E-state index in [0.29, 0.717) is 4.47 Å². The fourth-order valence-electron chi connectivity index (χ4n) is 1.31. The number of hydrogen-bond donors (Lipinski definition) is 4. The van der Waals surface area contributed by atoms with Gasteiger partial charge in [-0.2, -0.15) is 0 Å². The van der Waals surface area contributed by atoms with Gasteiger partial charge in [0.25, 0.3) is 5.91 Å². The minimum Gasteiger partial charge on any atom is -0.507 e. The molecule has 0 fully saturated rings. The number of carboxylic acid groups (broad SMARTS) is 1. The summed E-state index contributed by atoms with van der Waals surface area (Å²) in [5.41, 5.74) is -0.0337. The number of carbonyl (C=O) groups excluding carboxylic acids is 1. The summed E-state index contributed by atoms with van der Waals surface area (Å²) >= 11 is 3.14. The van der Waals surface area contributed by atoms with Crippen molar-refractivity contribution in [1.29, 1.82) is 0 Å². The van der Waals surface area contributed by atoms with Gasteiger partial charge in [0.05, 0.1) is 5.56 Å². The van der Waals surface area contributed by atoms with Crippen LogP contribution >= 0.6 is 15.9 Å². The molecule has 0 saturated heterocycles. The number of aliphatic carboxylic acids is 1. The summed E-state index contributed by atoms with van der Waals surface area (Å²) < 4.78 is 0.583. The van der Waals surface area contributed by atoms with Crippen LogP contribution in [-0.4, -0.2) is 39.8 Å². The zero-order valence-electron chi connectivity index (χ0n) is 9.26. The van der Waals surface area contributed by atoms with Crippen molar-refractivity contribution in [3.63, 3.8) is 0 Å². The average molecular weight is 318 g/mol. The van der Waals surface area contributed by atoms with Gasteiger partial charge in [-0.25, -0.2) is 4.79 Å². The molecule has 4 N–H and O–H groups in total. The predicted molar refractivity (Wildman–Crippen MR) is 66.4 cm³/mol. The van der Waals surface area contributed by atoms with Crippen LogP contribution in [0.15, 0.2) is 22.7 Å². The van der Waals surface area contributed by atoms with Crippen LogP contribution in [0.3, 0.4) is 0 Å². The molecule has 1 amide bonds. The molecule has 1 rings (SSSR count). The molecule has 0 aliphatic rings. The van der Waals surface area contributed by atoms with Gasteiger partial charge < -0.3 is 20.6 Å². The highest BCUT2D eigenvalue weighted by atomic mass is 79.9. The molecule has 0 bridgehead atoms. The molecule has 0 aromatic heterocycles. The number of phenolic OH excluding ortho intramolecular Hbond substituents is 1. The second-order valence-corrected chi connectivity index (χ2v) is 4.45. The Kier molecular flexibility index (Phi) is 5.11. The molecule has 1 aromatic carbocycles. The first-order valence-electron chi connectivity index (χ1n) is 5.08. The van der Waals surface area contributed by atoms with Crippen molar-refractivity contribution in [2.45, 2.75) is 12.5 Å². The number of halogens is 1. The number of aromatic hydroxyl groups is 1. The first-order chi connectivity index (χ1) is 8.45. The van der Waals surface area contributed by atoms with Crippen molar-refractivity contribution < 1.29 is 24.9 Å². The van der Waals surface area contributed by atoms with E-state index in [1.165, 1.54) is 12.1 Å². The number of nitrogens with one attached hydrogen (secondary N) is 1. The lowest BCUT2D eigenvalue weighted by atomic mass is 10.1. The molecule has 98 valence electrons. The van der Waals surface area contributed by atoms with Crippen molar-refractivity contribution in [2.24, 2.45) is 0 Å². The van der Waals surface area contributed by atoms with E-state index in [-0.39, 0.29) is 24.3 Å². The lowest BCUT2D eigenvalue weighted by Gasteiger charge is -2.13. The molecule has 6 nitrogen and oxygen atoms in total. The fourth-order valence-corrected chi connectivity index (χ4v) is 1.67. The zero-order chi connectivity index (χ0) is 13.7. The maximum atomic E-state index is 11.8. The Balaban J connectivity index is 2.86. The van der Waals surface area contributed by atoms with Crippen molar-refractivity contribution in [3.05, 3.63) is 28.2 Å². The number of rotatable bonds is 5. The quantitative estimate of drug-likeness (QED) is 0.640. The molecule has 7 heteroatoms.